The maximum Gasteiger partial charge on any atom is 0.433 e. The van der Waals surface area contributed by atoms with Gasteiger partial charge in [-0.2, -0.15) is 23.5 Å². The van der Waals surface area contributed by atoms with E-state index in [2.05, 4.69) is 20.7 Å². The molecule has 1 aliphatic carbocycles. The van der Waals surface area contributed by atoms with Gasteiger partial charge in [0.25, 0.3) is 5.91 Å². The highest BCUT2D eigenvalue weighted by Crippen LogP contribution is 2.35. The monoisotopic (exact) mass is 524 g/mol. The molecule has 1 aromatic carbocycles. The van der Waals surface area contributed by atoms with Crippen molar-refractivity contribution >= 4 is 45.7 Å². The first-order valence-electron chi connectivity index (χ1n) is 11.0. The second kappa shape index (κ2) is 10.3. The van der Waals surface area contributed by atoms with Crippen LogP contribution in [-0.2, 0) is 12.7 Å². The molecule has 0 aliphatic heterocycles. The third kappa shape index (κ3) is 5.97. The van der Waals surface area contributed by atoms with Crippen LogP contribution in [0.5, 0.6) is 0 Å². The van der Waals surface area contributed by atoms with Gasteiger partial charge in [-0.3, -0.25) is 9.48 Å². The van der Waals surface area contributed by atoms with Gasteiger partial charge in [-0.1, -0.05) is 23.2 Å². The summed E-state index contributed by atoms with van der Waals surface area (Å²) in [5.41, 5.74) is -0.290. The Hall–Kier alpha value is -3.03. The van der Waals surface area contributed by atoms with E-state index in [4.69, 9.17) is 28.5 Å². The molecule has 1 fully saturated rings. The van der Waals surface area contributed by atoms with Crippen molar-refractivity contribution in [2.24, 2.45) is 0 Å². The van der Waals surface area contributed by atoms with E-state index in [1.165, 1.54) is 23.0 Å². The van der Waals surface area contributed by atoms with Gasteiger partial charge in [-0.05, 0) is 49.9 Å². The smallest absolute Gasteiger partial charge is 0.382 e. The average molecular weight is 525 g/mol. The molecule has 1 aliphatic rings. The number of amides is 1. The molecule has 2 N–H and O–H groups in total. The van der Waals surface area contributed by atoms with Gasteiger partial charge in [-0.25, -0.2) is 4.98 Å². The molecule has 2 atom stereocenters. The molecule has 12 heteroatoms. The molecule has 184 valence electrons. The van der Waals surface area contributed by atoms with Gasteiger partial charge >= 0.3 is 6.18 Å². The molecular weight excluding hydrogens is 504 g/mol. The molecule has 0 spiro atoms. The molecule has 3 aromatic rings. The SMILES string of the molecule is N#CCCn1cc(C(=O)N[C@@H]2CCC[C@H](Nc3cc(C(F)(F)F)nc4ccc(Cl)cc34)C2)c(Cl)n1. The zero-order chi connectivity index (χ0) is 25.2. The van der Waals surface area contributed by atoms with E-state index < -0.39 is 11.9 Å². The molecule has 0 saturated heterocycles. The summed E-state index contributed by atoms with van der Waals surface area (Å²) in [7, 11) is 0. The largest absolute Gasteiger partial charge is 0.433 e. The third-order valence-corrected chi connectivity index (χ3v) is 6.36. The highest BCUT2D eigenvalue weighted by Gasteiger charge is 2.34. The van der Waals surface area contributed by atoms with Crippen molar-refractivity contribution in [1.82, 2.24) is 20.1 Å². The first-order chi connectivity index (χ1) is 16.6. The summed E-state index contributed by atoms with van der Waals surface area (Å²) in [6.07, 6.45) is -0.125. The first-order valence-corrected chi connectivity index (χ1v) is 11.7. The molecule has 0 bridgehead atoms. The fourth-order valence-corrected chi connectivity index (χ4v) is 4.63. The maximum atomic E-state index is 13.4. The lowest BCUT2D eigenvalue weighted by molar-refractivity contribution is -0.140. The van der Waals surface area contributed by atoms with E-state index in [-0.39, 0.29) is 40.6 Å². The number of rotatable bonds is 6. The number of benzene rings is 1. The lowest BCUT2D eigenvalue weighted by Gasteiger charge is -2.31. The Bertz CT molecular complexity index is 1290. The number of aryl methyl sites for hydroxylation is 1. The Balaban J connectivity index is 1.49. The standard InChI is InChI=1S/C23H21Cl2F3N6O/c24-13-5-6-18-16(9-13)19(11-20(32-18)23(26,27)28)30-14-3-1-4-15(10-14)31-22(35)17-12-34(8-2-7-29)33-21(17)25/h5-6,9,11-12,14-15H,1-4,8,10H2,(H,30,32)(H,31,35)/t14-,15+/m0/s1. The highest BCUT2D eigenvalue weighted by molar-refractivity contribution is 6.32. The minimum absolute atomic E-state index is 0.0470. The molecule has 0 unspecified atom stereocenters. The normalized spacial score (nSPS) is 18.3. The Morgan fingerprint density at radius 3 is 2.74 bits per heavy atom. The quantitative estimate of drug-likeness (QED) is 0.423. The number of carbonyl (C=O) groups excluding carboxylic acids is 1. The number of nitrogens with zero attached hydrogens (tertiary/aromatic N) is 4. The van der Waals surface area contributed by atoms with Crippen molar-refractivity contribution in [2.45, 2.75) is 56.9 Å². The molecule has 1 saturated carbocycles. The number of hydrogen-bond donors (Lipinski definition) is 2. The van der Waals surface area contributed by atoms with E-state index >= 15 is 0 Å². The Morgan fingerprint density at radius 2 is 2.00 bits per heavy atom. The lowest BCUT2D eigenvalue weighted by atomic mass is 9.90. The third-order valence-electron chi connectivity index (χ3n) is 5.84. The highest BCUT2D eigenvalue weighted by atomic mass is 35.5. The minimum atomic E-state index is -4.59. The van der Waals surface area contributed by atoms with Crippen LogP contribution in [0.2, 0.25) is 10.2 Å². The van der Waals surface area contributed by atoms with Gasteiger partial charge in [-0.15, -0.1) is 0 Å². The molecule has 0 radical (unpaired) electrons. The fraction of sp³-hybridized carbons (Fsp3) is 0.391. The summed E-state index contributed by atoms with van der Waals surface area (Å²) in [6, 6.07) is 7.17. The van der Waals surface area contributed by atoms with Crippen molar-refractivity contribution in [3.63, 3.8) is 0 Å². The summed E-state index contributed by atoms with van der Waals surface area (Å²) in [5.74, 6) is -0.385. The number of alkyl halides is 3. The van der Waals surface area contributed by atoms with Crippen molar-refractivity contribution in [2.75, 3.05) is 5.32 Å². The molecule has 4 rings (SSSR count). The lowest BCUT2D eigenvalue weighted by Crippen LogP contribution is -2.41. The molecule has 2 heterocycles. The molecule has 2 aromatic heterocycles. The zero-order valence-electron chi connectivity index (χ0n) is 18.4. The van der Waals surface area contributed by atoms with Gasteiger partial charge in [0.05, 0.1) is 30.1 Å². The van der Waals surface area contributed by atoms with Crippen LogP contribution in [0.15, 0.2) is 30.5 Å². The average Bonchev–Trinajstić information content (AvgIpc) is 3.18. The van der Waals surface area contributed by atoms with Crippen LogP contribution in [0, 0.1) is 11.3 Å². The Morgan fingerprint density at radius 1 is 1.23 bits per heavy atom. The molecule has 1 amide bonds. The minimum Gasteiger partial charge on any atom is -0.382 e. The number of halogens is 5. The van der Waals surface area contributed by atoms with Crippen molar-refractivity contribution in [3.05, 3.63) is 51.9 Å². The molecular formula is C23H21Cl2F3N6O. The van der Waals surface area contributed by atoms with Gasteiger partial charge < -0.3 is 10.6 Å². The van der Waals surface area contributed by atoms with Crippen molar-refractivity contribution < 1.29 is 18.0 Å². The number of nitriles is 1. The van der Waals surface area contributed by atoms with Crippen LogP contribution in [0.3, 0.4) is 0 Å². The van der Waals surface area contributed by atoms with Crippen LogP contribution < -0.4 is 10.6 Å². The van der Waals surface area contributed by atoms with Crippen molar-refractivity contribution in [1.29, 1.82) is 5.26 Å². The van der Waals surface area contributed by atoms with E-state index in [1.54, 1.807) is 6.07 Å². The summed E-state index contributed by atoms with van der Waals surface area (Å²) in [5, 5.41) is 19.9. The number of carbonyl (C=O) groups is 1. The number of aromatic nitrogens is 3. The second-order valence-electron chi connectivity index (χ2n) is 8.40. The van der Waals surface area contributed by atoms with Gasteiger partial charge in [0.1, 0.15) is 5.69 Å². The zero-order valence-corrected chi connectivity index (χ0v) is 19.9. The van der Waals surface area contributed by atoms with Crippen LogP contribution >= 0.6 is 23.2 Å². The number of hydrogen-bond acceptors (Lipinski definition) is 5. The number of anilines is 1. The molecule has 7 nitrogen and oxygen atoms in total. The summed E-state index contributed by atoms with van der Waals surface area (Å²) < 4.78 is 41.7. The summed E-state index contributed by atoms with van der Waals surface area (Å²) >= 11 is 12.2. The van der Waals surface area contributed by atoms with Gasteiger partial charge in [0.15, 0.2) is 5.15 Å². The molecule has 35 heavy (non-hydrogen) atoms. The predicted molar refractivity (Wildman–Crippen MR) is 126 cm³/mol. The van der Waals surface area contributed by atoms with Crippen LogP contribution in [0.4, 0.5) is 18.9 Å². The first kappa shape index (κ1) is 25.1. The van der Waals surface area contributed by atoms with Gasteiger partial charge in [0, 0.05) is 34.4 Å². The topological polar surface area (TPSA) is 95.6 Å². The fourth-order valence-electron chi connectivity index (χ4n) is 4.23. The van der Waals surface area contributed by atoms with Crippen molar-refractivity contribution in [3.8, 4) is 6.07 Å². The van der Waals surface area contributed by atoms with Crippen LogP contribution in [0.1, 0.15) is 48.2 Å². The van der Waals surface area contributed by atoms with E-state index in [1.807, 2.05) is 6.07 Å². The van der Waals surface area contributed by atoms with Crippen LogP contribution in [0.25, 0.3) is 10.9 Å². The van der Waals surface area contributed by atoms with E-state index in [0.29, 0.717) is 29.1 Å². The Labute approximate surface area is 209 Å². The number of fused-ring (bicyclic) bond motifs is 1. The Kier molecular flexibility index (Phi) is 7.38. The van der Waals surface area contributed by atoms with Gasteiger partial charge in [0.2, 0.25) is 0 Å². The second-order valence-corrected chi connectivity index (χ2v) is 9.19. The maximum absolute atomic E-state index is 13.4. The van der Waals surface area contributed by atoms with E-state index in [0.717, 1.165) is 25.3 Å². The predicted octanol–water partition coefficient (Wildman–Crippen LogP) is 5.82. The van der Waals surface area contributed by atoms with E-state index in [9.17, 15) is 18.0 Å². The summed E-state index contributed by atoms with van der Waals surface area (Å²) in [6.45, 7) is 0.322. The summed E-state index contributed by atoms with van der Waals surface area (Å²) in [4.78, 5) is 16.5. The van der Waals surface area contributed by atoms with Crippen LogP contribution in [-0.4, -0.2) is 32.8 Å². The number of pyridine rings is 1. The number of nitrogens with one attached hydrogen (secondary N) is 2.